The van der Waals surface area contributed by atoms with Crippen LogP contribution in [0.4, 0.5) is 4.39 Å². The monoisotopic (exact) mass is 467 g/mol. The van der Waals surface area contributed by atoms with Crippen molar-refractivity contribution in [3.05, 3.63) is 108 Å². The topological polar surface area (TPSA) is 77.1 Å². The number of hydrogen-bond acceptors (Lipinski definition) is 5. The van der Waals surface area contributed by atoms with E-state index in [-0.39, 0.29) is 24.6 Å². The molecule has 1 aromatic heterocycles. The first-order valence-electron chi connectivity index (χ1n) is 11.0. The van der Waals surface area contributed by atoms with Gasteiger partial charge in [0.15, 0.2) is 0 Å². The maximum Gasteiger partial charge on any atom is 0.348 e. The van der Waals surface area contributed by atoms with E-state index in [0.717, 1.165) is 11.3 Å². The van der Waals surface area contributed by atoms with Gasteiger partial charge in [-0.3, -0.25) is 0 Å². The average molecular weight is 468 g/mol. The van der Waals surface area contributed by atoms with E-state index in [2.05, 4.69) is 0 Å². The second-order valence-electron chi connectivity index (χ2n) is 7.51. The van der Waals surface area contributed by atoms with Crippen LogP contribution in [-0.4, -0.2) is 22.4 Å². The van der Waals surface area contributed by atoms with E-state index in [9.17, 15) is 14.4 Å². The summed E-state index contributed by atoms with van der Waals surface area (Å²) in [6.07, 6.45) is 3.23. The van der Waals surface area contributed by atoms with Crippen molar-refractivity contribution in [3.8, 4) is 28.8 Å². The molecular formula is C28H22FN3O3. The highest BCUT2D eigenvalue weighted by atomic mass is 19.1. The molecule has 4 rings (SSSR count). The molecule has 35 heavy (non-hydrogen) atoms. The Balaban J connectivity index is 1.66. The molecule has 3 aromatic carbocycles. The number of ether oxygens (including phenoxy) is 2. The van der Waals surface area contributed by atoms with Crippen LogP contribution >= 0.6 is 0 Å². The molecule has 4 aromatic rings. The Hall–Kier alpha value is -4.70. The largest absolute Gasteiger partial charge is 0.489 e. The standard InChI is InChI=1S/C28H22FN3O3/c1-2-34-28(33)22(17-30)16-23-18-32(24-9-4-3-5-10-24)31-27(23)20-12-14-25(15-13-20)35-19-21-8-6-7-11-26(21)29/h3-16,18H,2,19H2,1H3. The zero-order chi connectivity index (χ0) is 24.6. The van der Waals surface area contributed by atoms with Gasteiger partial charge in [-0.1, -0.05) is 36.4 Å². The number of esters is 1. The minimum absolute atomic E-state index is 0.105. The highest BCUT2D eigenvalue weighted by Gasteiger charge is 2.16. The van der Waals surface area contributed by atoms with Gasteiger partial charge in [0, 0.05) is 22.9 Å². The van der Waals surface area contributed by atoms with Crippen LogP contribution in [0.3, 0.4) is 0 Å². The molecule has 0 saturated heterocycles. The summed E-state index contributed by atoms with van der Waals surface area (Å²) in [5.74, 6) is -0.437. The maximum absolute atomic E-state index is 13.9. The SMILES string of the molecule is CCOC(=O)C(C#N)=Cc1cn(-c2ccccc2)nc1-c1ccc(OCc2ccccc2F)cc1. The molecule has 0 amide bonds. The van der Waals surface area contributed by atoms with Gasteiger partial charge in [-0.2, -0.15) is 10.4 Å². The number of hydrogen-bond donors (Lipinski definition) is 0. The Morgan fingerprint density at radius 1 is 1.06 bits per heavy atom. The second-order valence-corrected chi connectivity index (χ2v) is 7.51. The third-order valence-corrected chi connectivity index (χ3v) is 5.16. The molecule has 0 aliphatic rings. The van der Waals surface area contributed by atoms with Gasteiger partial charge in [-0.25, -0.2) is 13.9 Å². The van der Waals surface area contributed by atoms with E-state index in [1.165, 1.54) is 12.1 Å². The summed E-state index contributed by atoms with van der Waals surface area (Å²) >= 11 is 0. The van der Waals surface area contributed by atoms with Crippen LogP contribution in [0, 0.1) is 17.1 Å². The molecule has 7 heteroatoms. The normalized spacial score (nSPS) is 11.1. The molecule has 174 valence electrons. The van der Waals surface area contributed by atoms with Gasteiger partial charge in [0.2, 0.25) is 0 Å². The van der Waals surface area contributed by atoms with Gasteiger partial charge < -0.3 is 9.47 Å². The van der Waals surface area contributed by atoms with Crippen molar-refractivity contribution in [1.82, 2.24) is 9.78 Å². The van der Waals surface area contributed by atoms with Crippen molar-refractivity contribution in [1.29, 1.82) is 5.26 Å². The summed E-state index contributed by atoms with van der Waals surface area (Å²) in [5.41, 5.74) is 3.09. The number of rotatable bonds is 8. The van der Waals surface area contributed by atoms with Gasteiger partial charge in [0.25, 0.3) is 0 Å². The van der Waals surface area contributed by atoms with E-state index >= 15 is 0 Å². The molecular weight excluding hydrogens is 445 g/mol. The van der Waals surface area contributed by atoms with Crippen molar-refractivity contribution < 1.29 is 18.7 Å². The predicted octanol–water partition coefficient (Wildman–Crippen LogP) is 5.73. The fourth-order valence-electron chi connectivity index (χ4n) is 3.42. The minimum atomic E-state index is -0.690. The Morgan fingerprint density at radius 2 is 1.77 bits per heavy atom. The van der Waals surface area contributed by atoms with E-state index in [4.69, 9.17) is 14.6 Å². The highest BCUT2D eigenvalue weighted by Crippen LogP contribution is 2.28. The number of nitrogens with zero attached hydrogens (tertiary/aromatic N) is 3. The Bertz CT molecular complexity index is 1390. The number of nitriles is 1. The fraction of sp³-hybridized carbons (Fsp3) is 0.107. The summed E-state index contributed by atoms with van der Waals surface area (Å²) < 4.78 is 26.3. The molecule has 6 nitrogen and oxygen atoms in total. The molecule has 0 aliphatic carbocycles. The zero-order valence-corrected chi connectivity index (χ0v) is 19.0. The first-order chi connectivity index (χ1) is 17.1. The average Bonchev–Trinajstić information content (AvgIpc) is 3.31. The van der Waals surface area contributed by atoms with Crippen molar-refractivity contribution >= 4 is 12.0 Å². The molecule has 0 radical (unpaired) electrons. The Labute approximate surface area is 202 Å². The lowest BCUT2D eigenvalue weighted by atomic mass is 10.1. The molecule has 0 atom stereocenters. The molecule has 0 fully saturated rings. The van der Waals surface area contributed by atoms with E-state index in [1.807, 2.05) is 48.5 Å². The molecule has 0 spiro atoms. The summed E-state index contributed by atoms with van der Waals surface area (Å²) in [5, 5.41) is 14.2. The van der Waals surface area contributed by atoms with Crippen molar-refractivity contribution in [3.63, 3.8) is 0 Å². The second kappa shape index (κ2) is 10.9. The van der Waals surface area contributed by atoms with Crippen LogP contribution in [-0.2, 0) is 16.1 Å². The predicted molar refractivity (Wildman–Crippen MR) is 130 cm³/mol. The molecule has 0 unspecified atom stereocenters. The van der Waals surface area contributed by atoms with Crippen LogP contribution in [0.25, 0.3) is 23.0 Å². The van der Waals surface area contributed by atoms with Crippen LogP contribution < -0.4 is 4.74 Å². The number of halogens is 1. The number of para-hydroxylation sites is 1. The van der Waals surface area contributed by atoms with E-state index in [0.29, 0.717) is 22.6 Å². The number of carbonyl (C=O) groups excluding carboxylic acids is 1. The Morgan fingerprint density at radius 3 is 2.46 bits per heavy atom. The molecule has 0 bridgehead atoms. The van der Waals surface area contributed by atoms with Crippen LogP contribution in [0.5, 0.6) is 5.75 Å². The van der Waals surface area contributed by atoms with Crippen LogP contribution in [0.1, 0.15) is 18.1 Å². The van der Waals surface area contributed by atoms with Gasteiger partial charge >= 0.3 is 5.97 Å². The van der Waals surface area contributed by atoms with Crippen molar-refractivity contribution in [2.45, 2.75) is 13.5 Å². The fourth-order valence-corrected chi connectivity index (χ4v) is 3.42. The summed E-state index contributed by atoms with van der Waals surface area (Å²) in [7, 11) is 0. The first kappa shape index (κ1) is 23.5. The maximum atomic E-state index is 13.9. The zero-order valence-electron chi connectivity index (χ0n) is 19.0. The molecule has 0 N–H and O–H groups in total. The molecule has 0 aliphatic heterocycles. The first-order valence-corrected chi connectivity index (χ1v) is 11.0. The van der Waals surface area contributed by atoms with Crippen LogP contribution in [0.2, 0.25) is 0 Å². The Kier molecular flexibility index (Phi) is 7.34. The molecule has 1 heterocycles. The third kappa shape index (κ3) is 5.63. The summed E-state index contributed by atoms with van der Waals surface area (Å²) in [4.78, 5) is 12.2. The highest BCUT2D eigenvalue weighted by molar-refractivity contribution is 5.98. The van der Waals surface area contributed by atoms with Crippen LogP contribution in [0.15, 0.2) is 90.6 Å². The summed E-state index contributed by atoms with van der Waals surface area (Å²) in [6, 6.07) is 25.0. The number of benzene rings is 3. The van der Waals surface area contributed by atoms with Crippen molar-refractivity contribution in [2.75, 3.05) is 6.61 Å². The lowest BCUT2D eigenvalue weighted by molar-refractivity contribution is -0.137. The lowest BCUT2D eigenvalue weighted by Crippen LogP contribution is -2.06. The number of aromatic nitrogens is 2. The summed E-state index contributed by atoms with van der Waals surface area (Å²) in [6.45, 7) is 1.96. The van der Waals surface area contributed by atoms with Gasteiger partial charge in [0.05, 0.1) is 18.0 Å². The van der Waals surface area contributed by atoms with E-state index < -0.39 is 5.97 Å². The lowest BCUT2D eigenvalue weighted by Gasteiger charge is -2.08. The third-order valence-electron chi connectivity index (χ3n) is 5.16. The quantitative estimate of drug-likeness (QED) is 0.188. The van der Waals surface area contributed by atoms with Crippen molar-refractivity contribution in [2.24, 2.45) is 0 Å². The van der Waals surface area contributed by atoms with Gasteiger partial charge in [-0.05, 0) is 55.5 Å². The molecule has 0 saturated carbocycles. The minimum Gasteiger partial charge on any atom is -0.489 e. The van der Waals surface area contributed by atoms with Gasteiger partial charge in [0.1, 0.15) is 29.8 Å². The van der Waals surface area contributed by atoms with E-state index in [1.54, 1.807) is 48.1 Å². The van der Waals surface area contributed by atoms with Gasteiger partial charge in [-0.15, -0.1) is 0 Å². The smallest absolute Gasteiger partial charge is 0.348 e. The number of carbonyl (C=O) groups is 1.